The number of hydrogen-bond acceptors (Lipinski definition) is 2. The first-order valence-electron chi connectivity index (χ1n) is 4.86. The molecule has 0 aromatic carbocycles. The number of hydrogen-bond donors (Lipinski definition) is 0. The van der Waals surface area contributed by atoms with E-state index < -0.39 is 0 Å². The molecule has 0 bridgehead atoms. The Morgan fingerprint density at radius 3 is 3.14 bits per heavy atom. The van der Waals surface area contributed by atoms with E-state index >= 15 is 0 Å². The number of rotatable bonds is 1. The Balaban J connectivity index is 2.24. The van der Waals surface area contributed by atoms with E-state index in [4.69, 9.17) is 0 Å². The molecule has 0 spiro atoms. The molecule has 71 valence electrons. The van der Waals surface area contributed by atoms with Crippen molar-refractivity contribution in [2.75, 3.05) is 6.54 Å². The normalized spacial score (nSPS) is 15.5. The van der Waals surface area contributed by atoms with Gasteiger partial charge in [0, 0.05) is 0 Å². The monoisotopic (exact) mass is 380 g/mol. The number of imidazole rings is 1. The molecule has 1 aromatic heterocycles. The van der Waals surface area contributed by atoms with E-state index in [2.05, 4.69) is 16.5 Å². The molecule has 1 aliphatic rings. The van der Waals surface area contributed by atoms with Crippen molar-refractivity contribution in [3.05, 3.63) is 17.7 Å². The molecule has 2 rings (SSSR count). The summed E-state index contributed by atoms with van der Waals surface area (Å²) < 4.78 is 2.51. The van der Waals surface area contributed by atoms with Crippen LogP contribution in [0.4, 0.5) is 4.79 Å². The summed E-state index contributed by atoms with van der Waals surface area (Å²) in [6.07, 6.45) is 2.85. The van der Waals surface area contributed by atoms with Crippen LogP contribution in [0, 0.1) is 0 Å². The van der Waals surface area contributed by atoms with Gasteiger partial charge in [-0.15, -0.1) is 0 Å². The average molecular weight is 379 g/mol. The molecule has 14 heavy (non-hydrogen) atoms. The summed E-state index contributed by atoms with van der Waals surface area (Å²) in [5.74, 6) is 0. The zero-order valence-electron chi connectivity index (χ0n) is 8.36. The Kier molecular flexibility index (Phi) is 2.90. The Morgan fingerprint density at radius 2 is 2.50 bits per heavy atom. The molecule has 1 aromatic rings. The van der Waals surface area contributed by atoms with Crippen molar-refractivity contribution in [1.29, 1.82) is 0 Å². The average Bonchev–Trinajstić information content (AvgIpc) is 2.59. The molecular formula is C9H12HgN3O. The van der Waals surface area contributed by atoms with E-state index in [-0.39, 0.29) is 26.1 Å². The van der Waals surface area contributed by atoms with Gasteiger partial charge < -0.3 is 0 Å². The molecule has 4 nitrogen and oxygen atoms in total. The van der Waals surface area contributed by atoms with Crippen molar-refractivity contribution in [1.82, 2.24) is 14.5 Å². The molecule has 0 atom stereocenters. The number of carbonyl (C=O) groups is 1. The van der Waals surface area contributed by atoms with Crippen molar-refractivity contribution in [3.8, 4) is 0 Å². The first kappa shape index (κ1) is 10.1. The van der Waals surface area contributed by atoms with Crippen LogP contribution in [-0.2, 0) is 45.6 Å². The first-order valence-corrected chi connectivity index (χ1v) is 7.61. The van der Waals surface area contributed by atoms with Gasteiger partial charge in [0.05, 0.1) is 0 Å². The summed E-state index contributed by atoms with van der Waals surface area (Å²) in [5, 5.41) is 0. The number of aryl methyl sites for hydroxylation is 1. The predicted octanol–water partition coefficient (Wildman–Crippen LogP) is 0.928. The van der Waals surface area contributed by atoms with E-state index in [1.165, 1.54) is 5.69 Å². The zero-order chi connectivity index (χ0) is 10.1. The second-order valence-electron chi connectivity index (χ2n) is 3.49. The molecule has 0 radical (unpaired) electrons. The van der Waals surface area contributed by atoms with E-state index in [0.717, 1.165) is 31.7 Å². The van der Waals surface area contributed by atoms with Crippen LogP contribution in [-0.4, -0.2) is 24.4 Å². The van der Waals surface area contributed by atoms with Crippen LogP contribution in [0.1, 0.15) is 18.3 Å². The van der Waals surface area contributed by atoms with Gasteiger partial charge >= 0.3 is 99.5 Å². The summed E-state index contributed by atoms with van der Waals surface area (Å²) in [7, 11) is 0. The van der Waals surface area contributed by atoms with Crippen LogP contribution in [0.15, 0.2) is 6.33 Å². The van der Waals surface area contributed by atoms with Crippen LogP contribution in [0.3, 0.4) is 0 Å². The second kappa shape index (κ2) is 4.00. The van der Waals surface area contributed by atoms with Gasteiger partial charge in [0.1, 0.15) is 0 Å². The summed E-state index contributed by atoms with van der Waals surface area (Å²) in [6, 6.07) is 0. The van der Waals surface area contributed by atoms with E-state index in [1.54, 1.807) is 0 Å². The molecule has 0 saturated heterocycles. The van der Waals surface area contributed by atoms with Crippen LogP contribution in [0.2, 0.25) is 0 Å². The van der Waals surface area contributed by atoms with Gasteiger partial charge in [-0.3, -0.25) is 0 Å². The SMILES string of the molecule is CCn1cnc2c1CCN([C](=O)[Hg])C2. The third-order valence-corrected chi connectivity index (χ3v) is 4.42. The van der Waals surface area contributed by atoms with Crippen LogP contribution < -0.4 is 0 Å². The maximum atomic E-state index is 11.3. The zero-order valence-corrected chi connectivity index (χ0v) is 13.9. The minimum absolute atomic E-state index is 0.212. The fourth-order valence-electron chi connectivity index (χ4n) is 1.86. The van der Waals surface area contributed by atoms with Crippen LogP contribution in [0.25, 0.3) is 0 Å². The second-order valence-corrected chi connectivity index (χ2v) is 5.84. The van der Waals surface area contributed by atoms with Crippen molar-refractivity contribution in [2.24, 2.45) is 0 Å². The van der Waals surface area contributed by atoms with Gasteiger partial charge in [0.25, 0.3) is 0 Å². The van der Waals surface area contributed by atoms with E-state index in [1.807, 2.05) is 11.2 Å². The Bertz CT molecular complexity index is 361. The van der Waals surface area contributed by atoms with E-state index in [9.17, 15) is 4.79 Å². The molecule has 1 amide bonds. The summed E-state index contributed by atoms with van der Waals surface area (Å²) in [5.41, 5.74) is 2.41. The molecule has 0 saturated carbocycles. The van der Waals surface area contributed by atoms with Gasteiger partial charge in [-0.05, 0) is 0 Å². The maximum absolute atomic E-state index is 11.3. The number of fused-ring (bicyclic) bond motifs is 1. The first-order chi connectivity index (χ1) is 6.72. The van der Waals surface area contributed by atoms with Crippen molar-refractivity contribution in [2.45, 2.75) is 26.4 Å². The Morgan fingerprint density at radius 1 is 1.71 bits per heavy atom. The quantitative estimate of drug-likeness (QED) is 0.682. The van der Waals surface area contributed by atoms with Gasteiger partial charge in [-0.2, -0.15) is 0 Å². The molecule has 0 fully saturated rings. The van der Waals surface area contributed by atoms with Crippen molar-refractivity contribution >= 4 is 3.42 Å². The number of amides is 1. The van der Waals surface area contributed by atoms with Gasteiger partial charge in [0.2, 0.25) is 0 Å². The topological polar surface area (TPSA) is 38.1 Å². The number of nitrogens with zero attached hydrogens (tertiary/aromatic N) is 3. The number of carbonyl (C=O) groups excluding carboxylic acids is 1. The predicted molar refractivity (Wildman–Crippen MR) is 47.4 cm³/mol. The Labute approximate surface area is 99.3 Å². The van der Waals surface area contributed by atoms with E-state index in [0.29, 0.717) is 3.42 Å². The Hall–Kier alpha value is -0.385. The fourth-order valence-corrected chi connectivity index (χ4v) is 2.90. The van der Waals surface area contributed by atoms with Crippen LogP contribution in [0.5, 0.6) is 0 Å². The fraction of sp³-hybridized carbons (Fsp3) is 0.556. The molecular weight excluding hydrogens is 367 g/mol. The minimum atomic E-state index is 0.212. The number of aromatic nitrogens is 2. The van der Waals surface area contributed by atoms with Crippen molar-refractivity contribution in [3.63, 3.8) is 0 Å². The standard InChI is InChI=1S/C9H12N3O.Hg/c1-2-12-6-10-8-5-11(7-13)4-3-9(8)12;/h6H,2-5H2,1H3;. The van der Waals surface area contributed by atoms with Gasteiger partial charge in [0.15, 0.2) is 0 Å². The third-order valence-electron chi connectivity index (χ3n) is 2.69. The third kappa shape index (κ3) is 1.72. The van der Waals surface area contributed by atoms with Gasteiger partial charge in [-0.1, -0.05) is 0 Å². The molecule has 2 heterocycles. The molecule has 5 heteroatoms. The molecule has 1 aliphatic heterocycles. The molecule has 0 aliphatic carbocycles. The van der Waals surface area contributed by atoms with Gasteiger partial charge in [-0.25, -0.2) is 0 Å². The summed E-state index contributed by atoms with van der Waals surface area (Å²) >= 11 is 0.212. The summed E-state index contributed by atoms with van der Waals surface area (Å²) in [4.78, 5) is 17.5. The van der Waals surface area contributed by atoms with Crippen molar-refractivity contribution < 1.29 is 30.9 Å². The van der Waals surface area contributed by atoms with Crippen LogP contribution >= 0.6 is 0 Å². The summed E-state index contributed by atoms with van der Waals surface area (Å²) in [6.45, 7) is 4.70. The molecule has 0 N–H and O–H groups in total. The molecule has 0 unspecified atom stereocenters.